The fourth-order valence-corrected chi connectivity index (χ4v) is 3.95. The molecule has 1 aromatic carbocycles. The molecule has 2 heterocycles. The summed E-state index contributed by atoms with van der Waals surface area (Å²) in [5, 5.41) is 23.2. The van der Waals surface area contributed by atoms with Gasteiger partial charge in [0.15, 0.2) is 0 Å². The molecule has 2 aromatic rings. The lowest BCUT2D eigenvalue weighted by Crippen LogP contribution is -2.49. The number of nitrogens with one attached hydrogen (secondary N) is 2. The number of rotatable bonds is 6. The number of benzene rings is 1. The third-order valence-electron chi connectivity index (χ3n) is 5.48. The van der Waals surface area contributed by atoms with Crippen molar-refractivity contribution in [1.29, 1.82) is 0 Å². The normalized spacial score (nSPS) is 19.3. The Labute approximate surface area is 191 Å². The first-order chi connectivity index (χ1) is 15.5. The molecule has 3 N–H and O–H groups in total. The van der Waals surface area contributed by atoms with E-state index in [9.17, 15) is 23.9 Å². The van der Waals surface area contributed by atoms with Crippen molar-refractivity contribution in [3.63, 3.8) is 0 Å². The van der Waals surface area contributed by atoms with E-state index in [0.717, 1.165) is 0 Å². The van der Waals surface area contributed by atoms with Crippen LogP contribution in [0.3, 0.4) is 0 Å². The number of aromatic nitrogens is 3. The Kier molecular flexibility index (Phi) is 7.11. The minimum Gasteiger partial charge on any atom is -0.391 e. The molecule has 0 spiro atoms. The number of nitrogens with zero attached hydrogens (tertiary/aromatic N) is 4. The van der Waals surface area contributed by atoms with Gasteiger partial charge in [-0.15, -0.1) is 5.10 Å². The van der Waals surface area contributed by atoms with Crippen molar-refractivity contribution in [2.24, 2.45) is 5.41 Å². The molecule has 33 heavy (non-hydrogen) atoms. The van der Waals surface area contributed by atoms with E-state index in [1.165, 1.54) is 41.0 Å². The summed E-state index contributed by atoms with van der Waals surface area (Å²) < 4.78 is 15.1. The smallest absolute Gasteiger partial charge is 0.248 e. The fraction of sp³-hybridized carbons (Fsp3) is 0.500. The average molecular weight is 461 g/mol. The second-order valence-electron chi connectivity index (χ2n) is 9.17. The maximum atomic E-state index is 13.8. The number of aliphatic hydroxyl groups excluding tert-OH is 1. The highest BCUT2D eigenvalue weighted by atomic mass is 19.1. The molecule has 1 aromatic heterocycles. The molecule has 1 aliphatic rings. The summed E-state index contributed by atoms with van der Waals surface area (Å²) in [6.07, 6.45) is 0.685. The van der Waals surface area contributed by atoms with Crippen LogP contribution < -0.4 is 10.6 Å². The van der Waals surface area contributed by atoms with Gasteiger partial charge in [-0.2, -0.15) is 0 Å². The Bertz CT molecular complexity index is 1030. The highest BCUT2D eigenvalue weighted by Gasteiger charge is 2.45. The van der Waals surface area contributed by atoms with E-state index >= 15 is 0 Å². The third-order valence-corrected chi connectivity index (χ3v) is 5.48. The molecule has 0 bridgehead atoms. The number of aliphatic hydroxyl groups is 1. The lowest BCUT2D eigenvalue weighted by Gasteiger charge is -2.34. The minimum atomic E-state index is -0.828. The van der Waals surface area contributed by atoms with Gasteiger partial charge in [-0.1, -0.05) is 38.1 Å². The van der Waals surface area contributed by atoms with Crippen LogP contribution in [0.25, 0.3) is 0 Å². The van der Waals surface area contributed by atoms with Gasteiger partial charge in [-0.3, -0.25) is 14.4 Å². The zero-order valence-corrected chi connectivity index (χ0v) is 19.1. The number of anilines is 1. The Hall–Kier alpha value is -3.34. The monoisotopic (exact) mass is 460 g/mol. The number of hydrogen-bond donors (Lipinski definition) is 3. The van der Waals surface area contributed by atoms with Gasteiger partial charge >= 0.3 is 0 Å². The van der Waals surface area contributed by atoms with Gasteiger partial charge in [0.2, 0.25) is 17.7 Å². The molecular weight excluding hydrogens is 431 g/mol. The second-order valence-corrected chi connectivity index (χ2v) is 9.17. The van der Waals surface area contributed by atoms with Gasteiger partial charge in [-0.25, -0.2) is 9.07 Å². The first kappa shape index (κ1) is 24.3. The number of halogens is 1. The lowest BCUT2D eigenvalue weighted by atomic mass is 9.85. The number of likely N-dealkylation sites (tertiary alicyclic amines) is 1. The van der Waals surface area contributed by atoms with Crippen molar-refractivity contribution in [2.45, 2.75) is 51.8 Å². The molecule has 3 rings (SSSR count). The van der Waals surface area contributed by atoms with E-state index in [0.29, 0.717) is 5.69 Å². The van der Waals surface area contributed by atoms with Crippen molar-refractivity contribution in [3.8, 4) is 0 Å². The number of carbonyl (C=O) groups is 3. The summed E-state index contributed by atoms with van der Waals surface area (Å²) >= 11 is 0. The highest BCUT2D eigenvalue weighted by Crippen LogP contribution is 2.34. The molecule has 3 atom stereocenters. The fourth-order valence-electron chi connectivity index (χ4n) is 3.95. The maximum absolute atomic E-state index is 13.8. The van der Waals surface area contributed by atoms with E-state index < -0.39 is 35.3 Å². The molecule has 1 saturated heterocycles. The van der Waals surface area contributed by atoms with E-state index in [1.807, 2.05) is 20.8 Å². The van der Waals surface area contributed by atoms with Crippen molar-refractivity contribution in [3.05, 3.63) is 42.0 Å². The van der Waals surface area contributed by atoms with Crippen LogP contribution in [0.4, 0.5) is 10.1 Å². The van der Waals surface area contributed by atoms with Gasteiger partial charge in [0.1, 0.15) is 17.9 Å². The number of hydrogen-bond acceptors (Lipinski definition) is 6. The molecule has 0 saturated carbocycles. The number of para-hydroxylation sites is 1. The van der Waals surface area contributed by atoms with Crippen molar-refractivity contribution < 1.29 is 23.9 Å². The Morgan fingerprint density at radius 2 is 1.97 bits per heavy atom. The van der Waals surface area contributed by atoms with E-state index in [2.05, 4.69) is 20.9 Å². The van der Waals surface area contributed by atoms with E-state index in [4.69, 9.17) is 0 Å². The predicted octanol–water partition coefficient (Wildman–Crippen LogP) is 0.893. The Morgan fingerprint density at radius 3 is 2.61 bits per heavy atom. The van der Waals surface area contributed by atoms with Crippen LogP contribution >= 0.6 is 0 Å². The lowest BCUT2D eigenvalue weighted by molar-refractivity contribution is -0.144. The molecule has 2 unspecified atom stereocenters. The maximum Gasteiger partial charge on any atom is 0.248 e. The van der Waals surface area contributed by atoms with E-state index in [-0.39, 0.29) is 36.9 Å². The largest absolute Gasteiger partial charge is 0.391 e. The van der Waals surface area contributed by atoms with Crippen LogP contribution in [-0.2, 0) is 20.8 Å². The van der Waals surface area contributed by atoms with Gasteiger partial charge in [0.25, 0.3) is 0 Å². The molecule has 1 fully saturated rings. The molecular formula is C22H29FN6O4. The molecule has 1 aliphatic heterocycles. The van der Waals surface area contributed by atoms with Gasteiger partial charge in [-0.05, 0) is 17.5 Å². The van der Waals surface area contributed by atoms with Crippen molar-refractivity contribution >= 4 is 23.4 Å². The van der Waals surface area contributed by atoms with Crippen LogP contribution in [0, 0.1) is 11.2 Å². The molecule has 0 aliphatic carbocycles. The number of carbonyl (C=O) groups excluding carboxylic acids is 3. The zero-order valence-electron chi connectivity index (χ0n) is 19.1. The van der Waals surface area contributed by atoms with Gasteiger partial charge in [0, 0.05) is 26.2 Å². The zero-order chi connectivity index (χ0) is 24.3. The van der Waals surface area contributed by atoms with Crippen LogP contribution in [0.2, 0.25) is 0 Å². The third kappa shape index (κ3) is 5.54. The number of amides is 3. The second kappa shape index (κ2) is 9.65. The van der Waals surface area contributed by atoms with Crippen molar-refractivity contribution in [1.82, 2.24) is 25.2 Å². The molecule has 11 heteroatoms. The van der Waals surface area contributed by atoms with Gasteiger partial charge in [0.05, 0.1) is 23.9 Å². The molecule has 178 valence electrons. The molecule has 10 nitrogen and oxygen atoms in total. The summed E-state index contributed by atoms with van der Waals surface area (Å²) in [4.78, 5) is 39.5. The van der Waals surface area contributed by atoms with Crippen LogP contribution in [0.5, 0.6) is 0 Å². The average Bonchev–Trinajstić information content (AvgIpc) is 3.34. The highest BCUT2D eigenvalue weighted by molar-refractivity contribution is 5.92. The standard InChI is InChI=1S/C22H29FN6O4/c1-22(2,3)19(21(33)28-12-14(30)10-17(28)20(32)24-4)29-11-13(26-27-29)9-18(31)25-16-8-6-5-7-15(16)23/h5-8,11,14,17,19,30H,9-10,12H2,1-4H3,(H,24,32)(H,25,31)/t14?,17-,19?/m1/s1. The summed E-state index contributed by atoms with van der Waals surface area (Å²) in [5.74, 6) is -1.75. The first-order valence-corrected chi connectivity index (χ1v) is 10.7. The summed E-state index contributed by atoms with van der Waals surface area (Å²) in [7, 11) is 1.48. The van der Waals surface area contributed by atoms with Gasteiger partial charge < -0.3 is 20.6 Å². The Balaban J connectivity index is 1.79. The molecule has 3 amide bonds. The topological polar surface area (TPSA) is 129 Å². The van der Waals surface area contributed by atoms with Crippen LogP contribution in [0.15, 0.2) is 30.5 Å². The minimum absolute atomic E-state index is 0.0378. The van der Waals surface area contributed by atoms with Crippen molar-refractivity contribution in [2.75, 3.05) is 18.9 Å². The summed E-state index contributed by atoms with van der Waals surface area (Å²) in [5.41, 5.74) is -0.251. The summed E-state index contributed by atoms with van der Waals surface area (Å²) in [6.45, 7) is 5.59. The first-order valence-electron chi connectivity index (χ1n) is 10.7. The van der Waals surface area contributed by atoms with Crippen LogP contribution in [-0.4, -0.2) is 68.5 Å². The Morgan fingerprint density at radius 1 is 1.27 bits per heavy atom. The van der Waals surface area contributed by atoms with E-state index in [1.54, 1.807) is 6.07 Å². The van der Waals surface area contributed by atoms with Crippen LogP contribution in [0.1, 0.15) is 38.9 Å². The quantitative estimate of drug-likeness (QED) is 0.587. The summed E-state index contributed by atoms with van der Waals surface area (Å²) in [6, 6.07) is 4.21. The molecule has 0 radical (unpaired) electrons. The SMILES string of the molecule is CNC(=O)[C@H]1CC(O)CN1C(=O)C(n1cc(CC(=O)Nc2ccccc2F)nn1)C(C)(C)C. The predicted molar refractivity (Wildman–Crippen MR) is 117 cm³/mol. The number of β-amino-alcohol motifs (C(OH)–C–C–N with tert-alkyl or cyclic N) is 1. The number of likely N-dealkylation sites (N-methyl/N-ethyl adjacent to an activating group) is 1.